The maximum absolute atomic E-state index is 13.1. The summed E-state index contributed by atoms with van der Waals surface area (Å²) >= 11 is 11.5. The van der Waals surface area contributed by atoms with Crippen molar-refractivity contribution in [1.29, 1.82) is 0 Å². The van der Waals surface area contributed by atoms with Gasteiger partial charge < -0.3 is 9.84 Å². The summed E-state index contributed by atoms with van der Waals surface area (Å²) < 4.78 is 19.9. The Balaban J connectivity index is 2.07. The monoisotopic (exact) mass is 455 g/mol. The molecule has 1 aromatic rings. The number of anilines is 1. The minimum Gasteiger partial charge on any atom is -0.306 e. The highest BCUT2D eigenvalue weighted by atomic mass is 35.5. The summed E-state index contributed by atoms with van der Waals surface area (Å²) in [4.78, 5) is 22.5. The summed E-state index contributed by atoms with van der Waals surface area (Å²) in [5.41, 5.74) is -0.0897. The number of benzene rings is 1. The molecule has 1 fully saturated rings. The lowest BCUT2D eigenvalue weighted by Gasteiger charge is -2.39. The van der Waals surface area contributed by atoms with Crippen LogP contribution in [0.5, 0.6) is 0 Å². The largest absolute Gasteiger partial charge is 0.347 e. The van der Waals surface area contributed by atoms with Gasteiger partial charge in [-0.25, -0.2) is 14.6 Å². The lowest BCUT2D eigenvalue weighted by atomic mass is 10.3. The molecular weight excluding hydrogens is 436 g/mol. The summed E-state index contributed by atoms with van der Waals surface area (Å²) in [6, 6.07) is 4.30. The number of nitro benzene ring substituents is 1. The van der Waals surface area contributed by atoms with E-state index in [9.17, 15) is 24.7 Å². The standard InChI is InChI=1S/C14H20Cl2N5O6P/c15-5-7-19(8-6-16)28(26)18-13(4-9-27-28)20(23)14(22)17-11-2-1-3-12(10-11)21(24)25/h1-3,10,13,23H,4-9H2,(H,17,22)(H,18,26). The van der Waals surface area contributed by atoms with E-state index in [-0.39, 0.29) is 49.3 Å². The Bertz CT molecular complexity index is 751. The van der Waals surface area contributed by atoms with Crippen LogP contribution in [0.4, 0.5) is 16.2 Å². The minimum atomic E-state index is -3.57. The molecule has 1 saturated heterocycles. The number of amides is 2. The molecular formula is C14H20Cl2N5O6P. The molecule has 2 atom stereocenters. The molecule has 1 aliphatic rings. The van der Waals surface area contributed by atoms with Crippen LogP contribution in [-0.2, 0) is 9.09 Å². The molecule has 2 unspecified atom stereocenters. The van der Waals surface area contributed by atoms with Crippen LogP contribution in [0, 0.1) is 10.1 Å². The molecule has 0 bridgehead atoms. The Kier molecular flexibility index (Phi) is 8.44. The van der Waals surface area contributed by atoms with Crippen molar-refractivity contribution in [3.8, 4) is 0 Å². The molecule has 1 aromatic carbocycles. The molecule has 2 amide bonds. The second kappa shape index (κ2) is 10.4. The Morgan fingerprint density at radius 3 is 2.71 bits per heavy atom. The summed E-state index contributed by atoms with van der Waals surface area (Å²) in [5, 5.41) is 26.4. The zero-order valence-corrected chi connectivity index (χ0v) is 17.1. The average molecular weight is 456 g/mol. The van der Waals surface area contributed by atoms with Crippen molar-refractivity contribution in [2.24, 2.45) is 0 Å². The van der Waals surface area contributed by atoms with E-state index in [0.717, 1.165) is 6.07 Å². The number of carbonyl (C=O) groups excluding carboxylic acids is 1. The van der Waals surface area contributed by atoms with Crippen molar-refractivity contribution in [2.45, 2.75) is 12.6 Å². The van der Waals surface area contributed by atoms with Gasteiger partial charge in [0.1, 0.15) is 6.17 Å². The average Bonchev–Trinajstić information content (AvgIpc) is 2.67. The fraction of sp³-hybridized carbons (Fsp3) is 0.500. The first-order chi connectivity index (χ1) is 13.3. The first-order valence-electron chi connectivity index (χ1n) is 8.24. The number of non-ortho nitro benzene ring substituents is 1. The molecule has 0 aliphatic carbocycles. The Morgan fingerprint density at radius 1 is 1.43 bits per heavy atom. The maximum Gasteiger partial charge on any atom is 0.347 e. The highest BCUT2D eigenvalue weighted by Crippen LogP contribution is 2.49. The minimum absolute atomic E-state index is 0.0250. The molecule has 11 nitrogen and oxygen atoms in total. The van der Waals surface area contributed by atoms with E-state index in [4.69, 9.17) is 27.7 Å². The molecule has 1 heterocycles. The fourth-order valence-electron chi connectivity index (χ4n) is 2.51. The number of nitrogens with zero attached hydrogens (tertiary/aromatic N) is 3. The van der Waals surface area contributed by atoms with Gasteiger partial charge in [0, 0.05) is 49.1 Å². The number of nitrogens with one attached hydrogen (secondary N) is 2. The number of hydrogen-bond acceptors (Lipinski definition) is 6. The lowest BCUT2D eigenvalue weighted by Crippen LogP contribution is -2.52. The van der Waals surface area contributed by atoms with E-state index in [1.54, 1.807) is 0 Å². The fourth-order valence-corrected chi connectivity index (χ4v) is 5.25. The van der Waals surface area contributed by atoms with Crippen molar-refractivity contribution < 1.29 is 24.0 Å². The normalized spacial score (nSPS) is 22.1. The summed E-state index contributed by atoms with van der Waals surface area (Å²) in [5.74, 6) is 0.374. The molecule has 156 valence electrons. The number of carbonyl (C=O) groups is 1. The summed E-state index contributed by atoms with van der Waals surface area (Å²) in [6.45, 7) is 0.490. The highest BCUT2D eigenvalue weighted by molar-refractivity contribution is 7.54. The number of hydrogen-bond donors (Lipinski definition) is 3. The van der Waals surface area contributed by atoms with Crippen LogP contribution in [0.25, 0.3) is 0 Å². The predicted molar refractivity (Wildman–Crippen MR) is 104 cm³/mol. The van der Waals surface area contributed by atoms with Crippen LogP contribution in [0.3, 0.4) is 0 Å². The second-order valence-corrected chi connectivity index (χ2v) is 8.58. The van der Waals surface area contributed by atoms with Crippen LogP contribution in [0.2, 0.25) is 0 Å². The first kappa shape index (κ1) is 22.8. The number of hydroxylamine groups is 2. The van der Waals surface area contributed by atoms with Crippen molar-refractivity contribution >= 4 is 48.3 Å². The van der Waals surface area contributed by atoms with Crippen LogP contribution in [0.1, 0.15) is 6.42 Å². The van der Waals surface area contributed by atoms with Gasteiger partial charge in [0.05, 0.1) is 11.5 Å². The number of nitro groups is 1. The van der Waals surface area contributed by atoms with E-state index in [0.29, 0.717) is 5.06 Å². The van der Waals surface area contributed by atoms with E-state index in [1.807, 2.05) is 0 Å². The van der Waals surface area contributed by atoms with Gasteiger partial charge in [-0.05, 0) is 6.07 Å². The van der Waals surface area contributed by atoms with Gasteiger partial charge in [-0.2, -0.15) is 5.06 Å². The van der Waals surface area contributed by atoms with E-state index in [2.05, 4.69) is 10.4 Å². The van der Waals surface area contributed by atoms with Gasteiger partial charge in [0.15, 0.2) is 0 Å². The molecule has 3 N–H and O–H groups in total. The third-order valence-corrected chi connectivity index (χ3v) is 6.48. The van der Waals surface area contributed by atoms with Gasteiger partial charge in [-0.3, -0.25) is 19.9 Å². The van der Waals surface area contributed by atoms with Gasteiger partial charge in [-0.1, -0.05) is 6.07 Å². The third-order valence-electron chi connectivity index (χ3n) is 3.84. The number of halogens is 2. The van der Waals surface area contributed by atoms with Gasteiger partial charge in [-0.15, -0.1) is 23.2 Å². The molecule has 0 radical (unpaired) electrons. The maximum atomic E-state index is 13.1. The van der Waals surface area contributed by atoms with Crippen LogP contribution in [-0.4, -0.2) is 63.5 Å². The number of alkyl halides is 2. The molecule has 1 aliphatic heterocycles. The SMILES string of the molecule is O=C(Nc1cccc([N+](=O)[O-])c1)N(O)C1CCOP(=O)(N(CCCl)CCCl)N1. The van der Waals surface area contributed by atoms with E-state index >= 15 is 0 Å². The molecule has 2 rings (SSSR count). The van der Waals surface area contributed by atoms with Crippen LogP contribution in [0.15, 0.2) is 24.3 Å². The molecule has 14 heteroatoms. The Morgan fingerprint density at radius 2 is 2.11 bits per heavy atom. The van der Waals surface area contributed by atoms with Gasteiger partial charge >= 0.3 is 13.7 Å². The van der Waals surface area contributed by atoms with Crippen molar-refractivity contribution in [3.05, 3.63) is 34.4 Å². The Labute approximate surface area is 171 Å². The molecule has 0 aromatic heterocycles. The third kappa shape index (κ3) is 5.77. The van der Waals surface area contributed by atoms with Crippen molar-refractivity contribution in [3.63, 3.8) is 0 Å². The molecule has 0 spiro atoms. The first-order valence-corrected chi connectivity index (χ1v) is 10.9. The Hall–Kier alpha value is -1.46. The zero-order chi connectivity index (χ0) is 20.7. The van der Waals surface area contributed by atoms with E-state index in [1.165, 1.54) is 22.9 Å². The van der Waals surface area contributed by atoms with Crippen LogP contribution < -0.4 is 10.4 Å². The highest BCUT2D eigenvalue weighted by Gasteiger charge is 2.40. The number of rotatable bonds is 8. The van der Waals surface area contributed by atoms with Crippen molar-refractivity contribution in [1.82, 2.24) is 14.8 Å². The molecule has 0 saturated carbocycles. The lowest BCUT2D eigenvalue weighted by molar-refractivity contribution is -0.384. The van der Waals surface area contributed by atoms with Crippen molar-refractivity contribution in [2.75, 3.05) is 36.8 Å². The topological polar surface area (TPSA) is 137 Å². The summed E-state index contributed by atoms with van der Waals surface area (Å²) in [7, 11) is -3.57. The second-order valence-electron chi connectivity index (χ2n) is 5.70. The van der Waals surface area contributed by atoms with E-state index < -0.39 is 24.8 Å². The quantitative estimate of drug-likeness (QED) is 0.179. The zero-order valence-electron chi connectivity index (χ0n) is 14.7. The molecule has 28 heavy (non-hydrogen) atoms. The van der Waals surface area contributed by atoms with Crippen LogP contribution >= 0.6 is 30.9 Å². The van der Waals surface area contributed by atoms with Gasteiger partial charge in [0.25, 0.3) is 5.69 Å². The predicted octanol–water partition coefficient (Wildman–Crippen LogP) is 3.04. The number of urea groups is 1. The summed E-state index contributed by atoms with van der Waals surface area (Å²) in [6.07, 6.45) is -0.843. The smallest absolute Gasteiger partial charge is 0.306 e. The van der Waals surface area contributed by atoms with Gasteiger partial charge in [0.2, 0.25) is 0 Å².